The number of carbonyl (C=O) groups excluding carboxylic acids is 2. The van der Waals surface area contributed by atoms with Gasteiger partial charge in [-0.2, -0.15) is 0 Å². The Hall–Kier alpha value is -1.90. The molecule has 2 amide bonds. The van der Waals surface area contributed by atoms with Crippen LogP contribution in [-0.4, -0.2) is 71.0 Å². The molecule has 3 atom stereocenters. The summed E-state index contributed by atoms with van der Waals surface area (Å²) in [5.74, 6) is 0.315. The predicted octanol–water partition coefficient (Wildman–Crippen LogP) is 2.36. The number of fused-ring (bicyclic) bond motifs is 1. The minimum Gasteiger partial charge on any atom is -0.358 e. The van der Waals surface area contributed by atoms with Crippen molar-refractivity contribution in [1.82, 2.24) is 20.4 Å². The summed E-state index contributed by atoms with van der Waals surface area (Å²) in [5, 5.41) is 10.8. The fourth-order valence-corrected chi connectivity index (χ4v) is 5.24. The van der Waals surface area contributed by atoms with E-state index in [0.29, 0.717) is 29.5 Å². The standard InChI is InChI=1S/C22H30ClN5O2S/c23-15-4-6-16(7-5-15)25-22(31)26-17-12-19-21(30)24-13-18(28(19)14-17)8-9-20(29)27-10-2-1-3-11-27/h4-7,17-19H,1-3,8-14H2,(H,24,30)(H2,25,26,31)/t17-,18+,19-/m0/s1. The SMILES string of the molecule is O=C1NC[C@@H](CCC(=O)N2CCCCC2)N2C[C@@H](NC(=S)Nc3ccc(Cl)cc3)C[C@@H]12. The summed E-state index contributed by atoms with van der Waals surface area (Å²) in [6.07, 6.45) is 5.44. The van der Waals surface area contributed by atoms with Gasteiger partial charge in [-0.3, -0.25) is 14.5 Å². The van der Waals surface area contributed by atoms with Crippen LogP contribution in [0.3, 0.4) is 0 Å². The van der Waals surface area contributed by atoms with E-state index in [0.717, 1.165) is 44.6 Å². The number of rotatable bonds is 5. The Balaban J connectivity index is 1.29. The number of likely N-dealkylation sites (tertiary alicyclic amines) is 1. The fraction of sp³-hybridized carbons (Fsp3) is 0.591. The number of amides is 2. The largest absolute Gasteiger partial charge is 0.358 e. The number of benzene rings is 1. The monoisotopic (exact) mass is 463 g/mol. The van der Waals surface area contributed by atoms with E-state index in [-0.39, 0.29) is 29.9 Å². The van der Waals surface area contributed by atoms with Gasteiger partial charge in [-0.15, -0.1) is 0 Å². The van der Waals surface area contributed by atoms with Gasteiger partial charge in [0.2, 0.25) is 11.8 Å². The lowest BCUT2D eigenvalue weighted by molar-refractivity contribution is -0.133. The lowest BCUT2D eigenvalue weighted by Crippen LogP contribution is -2.58. The Labute approximate surface area is 193 Å². The van der Waals surface area contributed by atoms with E-state index >= 15 is 0 Å². The molecule has 0 aromatic heterocycles. The van der Waals surface area contributed by atoms with Crippen molar-refractivity contribution < 1.29 is 9.59 Å². The van der Waals surface area contributed by atoms with Crippen LogP contribution in [0.15, 0.2) is 24.3 Å². The second kappa shape index (κ2) is 10.1. The molecule has 3 fully saturated rings. The summed E-state index contributed by atoms with van der Waals surface area (Å²) < 4.78 is 0. The molecule has 3 aliphatic rings. The van der Waals surface area contributed by atoms with Gasteiger partial charge in [0.25, 0.3) is 0 Å². The topological polar surface area (TPSA) is 76.7 Å². The number of thiocarbonyl (C=S) groups is 1. The Bertz CT molecular complexity index is 815. The van der Waals surface area contributed by atoms with Gasteiger partial charge >= 0.3 is 0 Å². The molecule has 0 saturated carbocycles. The highest BCUT2D eigenvalue weighted by Gasteiger charge is 2.43. The zero-order valence-electron chi connectivity index (χ0n) is 17.6. The minimum absolute atomic E-state index is 0.0690. The molecule has 0 radical (unpaired) electrons. The second-order valence-corrected chi connectivity index (χ2v) is 9.47. The Morgan fingerprint density at radius 2 is 1.94 bits per heavy atom. The minimum atomic E-state index is -0.167. The first-order valence-electron chi connectivity index (χ1n) is 11.1. The molecule has 0 aliphatic carbocycles. The molecule has 1 aromatic rings. The van der Waals surface area contributed by atoms with Gasteiger partial charge in [0.15, 0.2) is 5.11 Å². The molecular formula is C22H30ClN5O2S. The van der Waals surface area contributed by atoms with Crippen LogP contribution >= 0.6 is 23.8 Å². The maximum absolute atomic E-state index is 12.6. The van der Waals surface area contributed by atoms with Crippen LogP contribution in [-0.2, 0) is 9.59 Å². The molecule has 3 N–H and O–H groups in total. The van der Waals surface area contributed by atoms with E-state index in [1.54, 1.807) is 0 Å². The zero-order valence-corrected chi connectivity index (χ0v) is 19.2. The second-order valence-electron chi connectivity index (χ2n) is 8.63. The van der Waals surface area contributed by atoms with Crippen molar-refractivity contribution in [3.05, 3.63) is 29.3 Å². The summed E-state index contributed by atoms with van der Waals surface area (Å²) in [6, 6.07) is 7.46. The van der Waals surface area contributed by atoms with E-state index < -0.39 is 0 Å². The molecule has 0 spiro atoms. The normalized spacial score (nSPS) is 26.2. The van der Waals surface area contributed by atoms with E-state index in [1.807, 2.05) is 29.2 Å². The summed E-state index contributed by atoms with van der Waals surface area (Å²) in [6.45, 7) is 3.11. The summed E-state index contributed by atoms with van der Waals surface area (Å²) >= 11 is 11.4. The van der Waals surface area contributed by atoms with Crippen molar-refractivity contribution in [3.63, 3.8) is 0 Å². The van der Waals surface area contributed by atoms with Gasteiger partial charge in [0.05, 0.1) is 6.04 Å². The molecular weight excluding hydrogens is 434 g/mol. The van der Waals surface area contributed by atoms with Gasteiger partial charge in [-0.25, -0.2) is 0 Å². The van der Waals surface area contributed by atoms with Crippen molar-refractivity contribution in [1.29, 1.82) is 0 Å². The number of piperidine rings is 1. The number of hydrogen-bond acceptors (Lipinski definition) is 4. The van der Waals surface area contributed by atoms with Crippen molar-refractivity contribution in [2.45, 2.75) is 56.7 Å². The average molecular weight is 464 g/mol. The van der Waals surface area contributed by atoms with Crippen LogP contribution in [0, 0.1) is 0 Å². The number of anilines is 1. The van der Waals surface area contributed by atoms with Crippen molar-refractivity contribution >= 4 is 46.4 Å². The van der Waals surface area contributed by atoms with Gasteiger partial charge in [0.1, 0.15) is 0 Å². The van der Waals surface area contributed by atoms with Crippen LogP contribution in [0.25, 0.3) is 0 Å². The van der Waals surface area contributed by atoms with Crippen LogP contribution < -0.4 is 16.0 Å². The molecule has 3 aliphatic heterocycles. The smallest absolute Gasteiger partial charge is 0.237 e. The van der Waals surface area contributed by atoms with Crippen molar-refractivity contribution in [2.75, 3.05) is 31.5 Å². The quantitative estimate of drug-likeness (QED) is 0.582. The van der Waals surface area contributed by atoms with E-state index in [1.165, 1.54) is 6.42 Å². The highest BCUT2D eigenvalue weighted by molar-refractivity contribution is 7.80. The molecule has 3 saturated heterocycles. The first-order chi connectivity index (χ1) is 15.0. The van der Waals surface area contributed by atoms with Gasteiger partial charge in [-0.1, -0.05) is 11.6 Å². The molecule has 0 unspecified atom stereocenters. The summed E-state index contributed by atoms with van der Waals surface area (Å²) in [7, 11) is 0. The van der Waals surface area contributed by atoms with Crippen LogP contribution in [0.2, 0.25) is 5.02 Å². The number of carbonyl (C=O) groups is 2. The first kappa shape index (κ1) is 22.3. The van der Waals surface area contributed by atoms with Crippen LogP contribution in [0.1, 0.15) is 38.5 Å². The third-order valence-corrected chi connectivity index (χ3v) is 6.93. The van der Waals surface area contributed by atoms with Crippen LogP contribution in [0.5, 0.6) is 0 Å². The van der Waals surface area contributed by atoms with Gasteiger partial charge in [0, 0.05) is 55.4 Å². The highest BCUT2D eigenvalue weighted by Crippen LogP contribution is 2.26. The molecule has 0 bridgehead atoms. The molecule has 31 heavy (non-hydrogen) atoms. The number of halogens is 1. The third kappa shape index (κ3) is 5.67. The van der Waals surface area contributed by atoms with E-state index in [2.05, 4.69) is 20.9 Å². The third-order valence-electron chi connectivity index (χ3n) is 6.46. The lowest BCUT2D eigenvalue weighted by Gasteiger charge is -2.37. The lowest BCUT2D eigenvalue weighted by atomic mass is 10.0. The summed E-state index contributed by atoms with van der Waals surface area (Å²) in [4.78, 5) is 29.3. The first-order valence-corrected chi connectivity index (χ1v) is 11.9. The fourth-order valence-electron chi connectivity index (χ4n) is 4.83. The maximum Gasteiger partial charge on any atom is 0.237 e. The average Bonchev–Trinajstić information content (AvgIpc) is 3.20. The Morgan fingerprint density at radius 3 is 2.68 bits per heavy atom. The zero-order chi connectivity index (χ0) is 21.8. The number of nitrogens with zero attached hydrogens (tertiary/aromatic N) is 2. The van der Waals surface area contributed by atoms with Gasteiger partial charge < -0.3 is 20.9 Å². The Kier molecular flexibility index (Phi) is 7.30. The van der Waals surface area contributed by atoms with Crippen LogP contribution in [0.4, 0.5) is 5.69 Å². The summed E-state index contributed by atoms with van der Waals surface area (Å²) in [5.41, 5.74) is 0.865. The van der Waals surface area contributed by atoms with E-state index in [4.69, 9.17) is 23.8 Å². The molecule has 168 valence electrons. The highest BCUT2D eigenvalue weighted by atomic mass is 35.5. The number of hydrogen-bond donors (Lipinski definition) is 3. The Morgan fingerprint density at radius 1 is 1.19 bits per heavy atom. The molecule has 1 aromatic carbocycles. The maximum atomic E-state index is 12.6. The number of piperazine rings is 1. The molecule has 7 nitrogen and oxygen atoms in total. The van der Waals surface area contributed by atoms with E-state index in [9.17, 15) is 9.59 Å². The number of nitrogens with one attached hydrogen (secondary N) is 3. The predicted molar refractivity (Wildman–Crippen MR) is 126 cm³/mol. The van der Waals surface area contributed by atoms with Crippen molar-refractivity contribution in [2.24, 2.45) is 0 Å². The molecule has 4 rings (SSSR count). The van der Waals surface area contributed by atoms with Crippen molar-refractivity contribution in [3.8, 4) is 0 Å². The molecule has 9 heteroatoms. The molecule has 3 heterocycles. The van der Waals surface area contributed by atoms with Gasteiger partial charge in [-0.05, 0) is 68.6 Å².